The van der Waals surface area contributed by atoms with Gasteiger partial charge in [-0.2, -0.15) is 5.10 Å². The molecule has 1 aromatic heterocycles. The summed E-state index contributed by atoms with van der Waals surface area (Å²) < 4.78 is 12.4. The largest absolute Gasteiger partial charge is 0.384 e. The molecule has 1 amide bonds. The number of rotatable bonds is 6. The molecule has 2 aliphatic rings. The first-order valence-corrected chi connectivity index (χ1v) is 9.06. The van der Waals surface area contributed by atoms with Gasteiger partial charge in [-0.1, -0.05) is 0 Å². The van der Waals surface area contributed by atoms with E-state index in [9.17, 15) is 4.79 Å². The number of likely N-dealkylation sites (tertiary alicyclic amines) is 2. The van der Waals surface area contributed by atoms with Gasteiger partial charge in [0.05, 0.1) is 25.0 Å². The van der Waals surface area contributed by atoms with Crippen LogP contribution in [0, 0.1) is 11.3 Å². The van der Waals surface area contributed by atoms with E-state index >= 15 is 0 Å². The summed E-state index contributed by atoms with van der Waals surface area (Å²) in [6.45, 7) is 6.30. The lowest BCUT2D eigenvalue weighted by Crippen LogP contribution is -2.47. The molecular formula is C18H30N4O3. The Morgan fingerprint density at radius 2 is 2.08 bits per heavy atom. The Bertz CT molecular complexity index is 581. The highest BCUT2D eigenvalue weighted by Gasteiger charge is 2.48. The minimum atomic E-state index is 0.0977. The van der Waals surface area contributed by atoms with E-state index in [1.54, 1.807) is 31.3 Å². The van der Waals surface area contributed by atoms with Crippen LogP contribution in [0.15, 0.2) is 12.4 Å². The molecule has 140 valence electrons. The van der Waals surface area contributed by atoms with E-state index in [1.807, 2.05) is 11.9 Å². The number of methoxy groups -OCH3 is 2. The summed E-state index contributed by atoms with van der Waals surface area (Å²) in [6.07, 6.45) is 5.53. The zero-order valence-corrected chi connectivity index (χ0v) is 15.6. The summed E-state index contributed by atoms with van der Waals surface area (Å²) in [5, 5.41) is 4.11. The number of amides is 1. The summed E-state index contributed by atoms with van der Waals surface area (Å²) in [4.78, 5) is 17.1. The summed E-state index contributed by atoms with van der Waals surface area (Å²) in [5.74, 6) is 0.630. The second-order valence-corrected chi connectivity index (χ2v) is 7.44. The fourth-order valence-corrected chi connectivity index (χ4v) is 4.40. The van der Waals surface area contributed by atoms with E-state index in [0.717, 1.165) is 58.8 Å². The highest BCUT2D eigenvalue weighted by Crippen LogP contribution is 2.44. The minimum Gasteiger partial charge on any atom is -0.384 e. The molecule has 7 nitrogen and oxygen atoms in total. The lowest BCUT2D eigenvalue weighted by molar-refractivity contribution is 0.0321. The Morgan fingerprint density at radius 3 is 2.68 bits per heavy atom. The predicted octanol–water partition coefficient (Wildman–Crippen LogP) is 0.867. The SMILES string of the molecule is COCCN1CC(COC)C2(CCN(C(=O)c3cnn(C)c3)CC2)C1. The lowest BCUT2D eigenvalue weighted by Gasteiger charge is -2.42. The van der Waals surface area contributed by atoms with Gasteiger partial charge < -0.3 is 19.3 Å². The zero-order valence-electron chi connectivity index (χ0n) is 15.6. The number of piperidine rings is 1. The number of aryl methyl sites for hydroxylation is 1. The third-order valence-electron chi connectivity index (χ3n) is 5.86. The molecule has 2 aliphatic heterocycles. The van der Waals surface area contributed by atoms with Crippen molar-refractivity contribution in [2.24, 2.45) is 18.4 Å². The second-order valence-electron chi connectivity index (χ2n) is 7.44. The van der Waals surface area contributed by atoms with Crippen LogP contribution in [0.4, 0.5) is 0 Å². The van der Waals surface area contributed by atoms with Crippen LogP contribution >= 0.6 is 0 Å². The van der Waals surface area contributed by atoms with E-state index in [4.69, 9.17) is 9.47 Å². The molecule has 2 fully saturated rings. The molecular weight excluding hydrogens is 320 g/mol. The van der Waals surface area contributed by atoms with Crippen molar-refractivity contribution in [3.8, 4) is 0 Å². The van der Waals surface area contributed by atoms with Gasteiger partial charge in [0.1, 0.15) is 0 Å². The van der Waals surface area contributed by atoms with Crippen molar-refractivity contribution in [2.75, 3.05) is 60.2 Å². The third-order valence-corrected chi connectivity index (χ3v) is 5.86. The fraction of sp³-hybridized carbons (Fsp3) is 0.778. The van der Waals surface area contributed by atoms with Crippen LogP contribution in [0.5, 0.6) is 0 Å². The van der Waals surface area contributed by atoms with Crippen molar-refractivity contribution in [2.45, 2.75) is 12.8 Å². The molecule has 1 atom stereocenters. The van der Waals surface area contributed by atoms with Crippen molar-refractivity contribution < 1.29 is 14.3 Å². The third kappa shape index (κ3) is 3.88. The molecule has 0 aromatic carbocycles. The Hall–Kier alpha value is -1.44. The molecule has 3 heterocycles. The second kappa shape index (κ2) is 7.85. The summed E-state index contributed by atoms with van der Waals surface area (Å²) >= 11 is 0. The van der Waals surface area contributed by atoms with Crippen LogP contribution in [-0.2, 0) is 16.5 Å². The van der Waals surface area contributed by atoms with E-state index < -0.39 is 0 Å². The van der Waals surface area contributed by atoms with Gasteiger partial charge >= 0.3 is 0 Å². The van der Waals surface area contributed by atoms with Crippen molar-refractivity contribution in [3.05, 3.63) is 18.0 Å². The topological polar surface area (TPSA) is 59.8 Å². The fourth-order valence-electron chi connectivity index (χ4n) is 4.40. The van der Waals surface area contributed by atoms with E-state index in [1.165, 1.54) is 0 Å². The summed E-state index contributed by atoms with van der Waals surface area (Å²) in [5.41, 5.74) is 0.940. The Kier molecular flexibility index (Phi) is 5.76. The number of hydrogen-bond donors (Lipinski definition) is 0. The Morgan fingerprint density at radius 1 is 1.32 bits per heavy atom. The van der Waals surface area contributed by atoms with Crippen LogP contribution < -0.4 is 0 Å². The molecule has 7 heteroatoms. The van der Waals surface area contributed by atoms with Crippen LogP contribution in [0.25, 0.3) is 0 Å². The van der Waals surface area contributed by atoms with Gasteiger partial charge in [-0.3, -0.25) is 9.48 Å². The monoisotopic (exact) mass is 350 g/mol. The van der Waals surface area contributed by atoms with Crippen molar-refractivity contribution in [1.82, 2.24) is 19.6 Å². The van der Waals surface area contributed by atoms with Gasteiger partial charge in [-0.05, 0) is 18.3 Å². The normalized spacial score (nSPS) is 23.5. The molecule has 0 bridgehead atoms. The van der Waals surface area contributed by atoms with Gasteiger partial charge in [0, 0.05) is 66.1 Å². The minimum absolute atomic E-state index is 0.0977. The Labute approximate surface area is 149 Å². The molecule has 2 saturated heterocycles. The van der Waals surface area contributed by atoms with Gasteiger partial charge in [0.15, 0.2) is 0 Å². The molecule has 25 heavy (non-hydrogen) atoms. The average molecular weight is 350 g/mol. The number of ether oxygens (including phenoxy) is 2. The lowest BCUT2D eigenvalue weighted by atomic mass is 9.71. The highest BCUT2D eigenvalue weighted by molar-refractivity contribution is 5.93. The van der Waals surface area contributed by atoms with E-state index in [-0.39, 0.29) is 11.3 Å². The predicted molar refractivity (Wildman–Crippen MR) is 94.5 cm³/mol. The van der Waals surface area contributed by atoms with Gasteiger partial charge in [0.2, 0.25) is 0 Å². The maximum absolute atomic E-state index is 12.7. The number of aromatic nitrogens is 2. The number of hydrogen-bond acceptors (Lipinski definition) is 5. The van der Waals surface area contributed by atoms with Gasteiger partial charge in [-0.15, -0.1) is 0 Å². The molecule has 1 spiro atoms. The highest BCUT2D eigenvalue weighted by atomic mass is 16.5. The molecule has 1 aromatic rings. The summed E-state index contributed by atoms with van der Waals surface area (Å²) in [6, 6.07) is 0. The first-order valence-electron chi connectivity index (χ1n) is 9.06. The van der Waals surface area contributed by atoms with Crippen LogP contribution in [0.3, 0.4) is 0 Å². The van der Waals surface area contributed by atoms with E-state index in [2.05, 4.69) is 10.00 Å². The standard InChI is InChI=1S/C18H30N4O3/c1-20-11-15(10-19-20)17(23)22-6-4-18(5-7-22)14-21(8-9-24-2)12-16(18)13-25-3/h10-11,16H,4-9,12-14H2,1-3H3. The first-order chi connectivity index (χ1) is 12.1. The summed E-state index contributed by atoms with van der Waals surface area (Å²) in [7, 11) is 5.37. The van der Waals surface area contributed by atoms with Crippen LogP contribution in [-0.4, -0.2) is 85.6 Å². The zero-order chi connectivity index (χ0) is 17.9. The average Bonchev–Trinajstić information content (AvgIpc) is 3.18. The van der Waals surface area contributed by atoms with Gasteiger partial charge in [-0.25, -0.2) is 0 Å². The maximum Gasteiger partial charge on any atom is 0.257 e. The van der Waals surface area contributed by atoms with Gasteiger partial charge in [0.25, 0.3) is 5.91 Å². The molecule has 1 unspecified atom stereocenters. The number of nitrogens with zero attached hydrogens (tertiary/aromatic N) is 4. The van der Waals surface area contributed by atoms with Crippen molar-refractivity contribution >= 4 is 5.91 Å². The van der Waals surface area contributed by atoms with Crippen molar-refractivity contribution in [3.63, 3.8) is 0 Å². The van der Waals surface area contributed by atoms with Crippen LogP contribution in [0.2, 0.25) is 0 Å². The molecule has 0 saturated carbocycles. The number of carbonyl (C=O) groups is 1. The van der Waals surface area contributed by atoms with E-state index in [0.29, 0.717) is 11.5 Å². The van der Waals surface area contributed by atoms with Crippen LogP contribution in [0.1, 0.15) is 23.2 Å². The smallest absolute Gasteiger partial charge is 0.257 e. The quantitative estimate of drug-likeness (QED) is 0.762. The molecule has 0 aliphatic carbocycles. The Balaban J connectivity index is 1.63. The number of carbonyl (C=O) groups excluding carboxylic acids is 1. The first kappa shape index (κ1) is 18.4. The maximum atomic E-state index is 12.7. The molecule has 0 radical (unpaired) electrons. The molecule has 3 rings (SSSR count). The molecule has 0 N–H and O–H groups in total. The van der Waals surface area contributed by atoms with Crippen molar-refractivity contribution in [1.29, 1.82) is 0 Å².